The van der Waals surface area contributed by atoms with Gasteiger partial charge in [-0.1, -0.05) is 0 Å². The first-order chi connectivity index (χ1) is 8.37. The number of hydrogen-bond acceptors (Lipinski definition) is 4. The Bertz CT molecular complexity index is 511. The van der Waals surface area contributed by atoms with Crippen molar-refractivity contribution in [3.05, 3.63) is 28.0 Å². The summed E-state index contributed by atoms with van der Waals surface area (Å²) in [4.78, 5) is 27.0. The minimum Gasteiger partial charge on any atom is -0.494 e. The van der Waals surface area contributed by atoms with Crippen molar-refractivity contribution in [1.82, 2.24) is 9.88 Å². The summed E-state index contributed by atoms with van der Waals surface area (Å²) in [6.07, 6.45) is 1.02. The number of pyridine rings is 1. The lowest BCUT2D eigenvalue weighted by molar-refractivity contribution is -0.00204. The van der Waals surface area contributed by atoms with Gasteiger partial charge in [-0.15, -0.1) is 0 Å². The first-order valence-electron chi connectivity index (χ1n) is 5.82. The number of hydrogen-bond donors (Lipinski definition) is 3. The van der Waals surface area contributed by atoms with Crippen LogP contribution in [0.5, 0.6) is 5.88 Å². The third kappa shape index (κ3) is 2.70. The number of aromatic hydroxyl groups is 1. The first kappa shape index (κ1) is 12.6. The van der Waals surface area contributed by atoms with Gasteiger partial charge < -0.3 is 15.1 Å². The molecule has 1 saturated heterocycles. The van der Waals surface area contributed by atoms with E-state index in [9.17, 15) is 19.8 Å². The minimum atomic E-state index is -0.729. The molecule has 0 aliphatic carbocycles. The van der Waals surface area contributed by atoms with E-state index >= 15 is 0 Å². The van der Waals surface area contributed by atoms with Crippen LogP contribution in [0.15, 0.2) is 16.9 Å². The largest absolute Gasteiger partial charge is 0.494 e. The van der Waals surface area contributed by atoms with Gasteiger partial charge in [-0.25, -0.2) is 0 Å². The van der Waals surface area contributed by atoms with Gasteiger partial charge in [0.2, 0.25) is 0 Å². The van der Waals surface area contributed by atoms with Crippen LogP contribution in [0.4, 0.5) is 0 Å². The molecule has 0 spiro atoms. The van der Waals surface area contributed by atoms with E-state index in [1.807, 2.05) is 0 Å². The molecule has 1 aromatic heterocycles. The van der Waals surface area contributed by atoms with Crippen LogP contribution in [-0.2, 0) is 0 Å². The molecule has 1 amide bonds. The van der Waals surface area contributed by atoms with E-state index in [1.165, 1.54) is 6.07 Å². The molecule has 3 N–H and O–H groups in total. The number of amides is 1. The van der Waals surface area contributed by atoms with Crippen molar-refractivity contribution in [3.8, 4) is 5.88 Å². The lowest BCUT2D eigenvalue weighted by atomic mass is 9.93. The SMILES string of the molecule is CC1(O)CCN(C(=O)c2cc(O)[nH]c(=O)c2)CC1. The predicted molar refractivity (Wildman–Crippen MR) is 64.5 cm³/mol. The van der Waals surface area contributed by atoms with E-state index in [2.05, 4.69) is 4.98 Å². The quantitative estimate of drug-likeness (QED) is 0.659. The fraction of sp³-hybridized carbons (Fsp3) is 0.500. The van der Waals surface area contributed by atoms with Gasteiger partial charge in [0.1, 0.15) is 0 Å². The van der Waals surface area contributed by atoms with Crippen molar-refractivity contribution < 1.29 is 15.0 Å². The standard InChI is InChI=1S/C12H16N2O4/c1-12(18)2-4-14(5-3-12)11(17)8-6-9(15)13-10(16)7-8/h6-7,18H,2-5H2,1H3,(H2,13,15,16). The molecule has 0 unspecified atom stereocenters. The van der Waals surface area contributed by atoms with Crippen molar-refractivity contribution in [3.63, 3.8) is 0 Å². The van der Waals surface area contributed by atoms with Crippen LogP contribution < -0.4 is 5.56 Å². The van der Waals surface area contributed by atoms with Gasteiger partial charge in [0.25, 0.3) is 11.5 Å². The number of carbonyl (C=O) groups excluding carboxylic acids is 1. The lowest BCUT2D eigenvalue weighted by Gasteiger charge is -2.35. The van der Waals surface area contributed by atoms with Crippen molar-refractivity contribution >= 4 is 5.91 Å². The number of piperidine rings is 1. The van der Waals surface area contributed by atoms with Crippen LogP contribution in [0, 0.1) is 0 Å². The molecule has 0 saturated carbocycles. The van der Waals surface area contributed by atoms with Crippen LogP contribution in [0.1, 0.15) is 30.1 Å². The number of nitrogens with one attached hydrogen (secondary N) is 1. The molecule has 2 heterocycles. The second-order valence-corrected chi connectivity index (χ2v) is 4.91. The molecule has 2 rings (SSSR count). The minimum absolute atomic E-state index is 0.165. The van der Waals surface area contributed by atoms with E-state index < -0.39 is 11.2 Å². The summed E-state index contributed by atoms with van der Waals surface area (Å²) in [5.74, 6) is -0.623. The molecular weight excluding hydrogens is 236 g/mol. The highest BCUT2D eigenvalue weighted by molar-refractivity contribution is 5.94. The maximum Gasteiger partial charge on any atom is 0.254 e. The van der Waals surface area contributed by atoms with Crippen molar-refractivity contribution in [2.75, 3.05) is 13.1 Å². The summed E-state index contributed by atoms with van der Waals surface area (Å²) in [5, 5.41) is 19.1. The van der Waals surface area contributed by atoms with Crippen molar-refractivity contribution in [2.45, 2.75) is 25.4 Å². The molecule has 6 heteroatoms. The maximum absolute atomic E-state index is 12.1. The zero-order chi connectivity index (χ0) is 13.3. The summed E-state index contributed by atoms with van der Waals surface area (Å²) in [6, 6.07) is 2.39. The van der Waals surface area contributed by atoms with E-state index in [-0.39, 0.29) is 17.4 Å². The summed E-state index contributed by atoms with van der Waals surface area (Å²) in [7, 11) is 0. The normalized spacial score (nSPS) is 18.7. The zero-order valence-electron chi connectivity index (χ0n) is 10.1. The summed E-state index contributed by atoms with van der Waals surface area (Å²) < 4.78 is 0. The molecule has 0 atom stereocenters. The van der Waals surface area contributed by atoms with Gasteiger partial charge in [0, 0.05) is 25.2 Å². The van der Waals surface area contributed by atoms with E-state index in [0.29, 0.717) is 25.9 Å². The molecule has 18 heavy (non-hydrogen) atoms. The number of carbonyl (C=O) groups is 1. The van der Waals surface area contributed by atoms with Crippen LogP contribution >= 0.6 is 0 Å². The molecule has 6 nitrogen and oxygen atoms in total. The van der Waals surface area contributed by atoms with Gasteiger partial charge in [-0.2, -0.15) is 0 Å². The predicted octanol–water partition coefficient (Wildman–Crippen LogP) is 0.0675. The van der Waals surface area contributed by atoms with Crippen LogP contribution in [0.2, 0.25) is 0 Å². The maximum atomic E-state index is 12.1. The van der Waals surface area contributed by atoms with Crippen LogP contribution in [0.3, 0.4) is 0 Å². The monoisotopic (exact) mass is 252 g/mol. The highest BCUT2D eigenvalue weighted by Crippen LogP contribution is 2.22. The molecule has 0 aromatic carbocycles. The van der Waals surface area contributed by atoms with E-state index in [1.54, 1.807) is 11.8 Å². The fourth-order valence-corrected chi connectivity index (χ4v) is 2.03. The molecule has 0 bridgehead atoms. The van der Waals surface area contributed by atoms with Crippen molar-refractivity contribution in [1.29, 1.82) is 0 Å². The average molecular weight is 252 g/mol. The Labute approximate surface area is 104 Å². The number of rotatable bonds is 1. The highest BCUT2D eigenvalue weighted by atomic mass is 16.3. The topological polar surface area (TPSA) is 93.6 Å². The molecule has 1 fully saturated rings. The Morgan fingerprint density at radius 1 is 1.39 bits per heavy atom. The van der Waals surface area contributed by atoms with Gasteiger partial charge in [-0.05, 0) is 19.8 Å². The average Bonchev–Trinajstić information content (AvgIpc) is 2.27. The summed E-state index contributed by atoms with van der Waals surface area (Å²) >= 11 is 0. The fourth-order valence-electron chi connectivity index (χ4n) is 2.03. The summed E-state index contributed by atoms with van der Waals surface area (Å²) in [5.41, 5.74) is -1.08. The van der Waals surface area contributed by atoms with Crippen LogP contribution in [-0.4, -0.2) is 44.7 Å². The Balaban J connectivity index is 2.15. The number of nitrogens with zero attached hydrogens (tertiary/aromatic N) is 1. The molecule has 1 aromatic rings. The van der Waals surface area contributed by atoms with E-state index in [4.69, 9.17) is 0 Å². The van der Waals surface area contributed by atoms with Gasteiger partial charge in [0.15, 0.2) is 5.88 Å². The Kier molecular flexibility index (Phi) is 3.13. The van der Waals surface area contributed by atoms with E-state index in [0.717, 1.165) is 6.07 Å². The Morgan fingerprint density at radius 3 is 2.56 bits per heavy atom. The highest BCUT2D eigenvalue weighted by Gasteiger charge is 2.30. The lowest BCUT2D eigenvalue weighted by Crippen LogP contribution is -2.45. The molecule has 98 valence electrons. The third-order valence-electron chi connectivity index (χ3n) is 3.20. The van der Waals surface area contributed by atoms with Gasteiger partial charge >= 0.3 is 0 Å². The smallest absolute Gasteiger partial charge is 0.254 e. The molecular formula is C12H16N2O4. The first-order valence-corrected chi connectivity index (χ1v) is 5.82. The number of aromatic nitrogens is 1. The molecule has 0 radical (unpaired) electrons. The second kappa shape index (κ2) is 4.45. The van der Waals surface area contributed by atoms with Gasteiger partial charge in [-0.3, -0.25) is 14.6 Å². The van der Waals surface area contributed by atoms with Crippen LogP contribution in [0.25, 0.3) is 0 Å². The summed E-state index contributed by atoms with van der Waals surface area (Å²) in [6.45, 7) is 2.63. The van der Waals surface area contributed by atoms with Crippen molar-refractivity contribution in [2.24, 2.45) is 0 Å². The molecule has 1 aliphatic rings. The number of aromatic amines is 1. The van der Waals surface area contributed by atoms with Gasteiger partial charge in [0.05, 0.1) is 11.2 Å². The second-order valence-electron chi connectivity index (χ2n) is 4.91. The molecule has 1 aliphatic heterocycles. The number of aliphatic hydroxyl groups is 1. The third-order valence-corrected chi connectivity index (χ3v) is 3.20. The number of H-pyrrole nitrogens is 1. The number of likely N-dealkylation sites (tertiary alicyclic amines) is 1. The Morgan fingerprint density at radius 2 is 2.00 bits per heavy atom. The zero-order valence-corrected chi connectivity index (χ0v) is 10.1. The Hall–Kier alpha value is -1.82.